The van der Waals surface area contributed by atoms with Gasteiger partial charge in [-0.05, 0) is 87.1 Å². The summed E-state index contributed by atoms with van der Waals surface area (Å²) in [7, 11) is 0. The van der Waals surface area contributed by atoms with Crippen molar-refractivity contribution in [2.75, 3.05) is 45.9 Å². The number of nitrogens with one attached hydrogen (secondary N) is 2. The van der Waals surface area contributed by atoms with Gasteiger partial charge in [-0.2, -0.15) is 0 Å². The Kier molecular flexibility index (Phi) is 8.51. The van der Waals surface area contributed by atoms with Gasteiger partial charge in [-0.3, -0.25) is 4.90 Å². The fraction of sp³-hybridized carbons (Fsp3) is 0.536. The number of amides is 2. The van der Waals surface area contributed by atoms with Crippen molar-refractivity contribution in [2.45, 2.75) is 50.7 Å². The molecule has 0 radical (unpaired) electrons. The van der Waals surface area contributed by atoms with E-state index in [0.29, 0.717) is 30.8 Å². The minimum Gasteiger partial charge on any atom is -0.486 e. The normalized spacial score (nSPS) is 20.9. The quantitative estimate of drug-likeness (QED) is 0.530. The van der Waals surface area contributed by atoms with Crippen LogP contribution in [-0.2, 0) is 13.0 Å². The molecule has 2 saturated heterocycles. The maximum atomic E-state index is 12.9. The molecular weight excluding hydrogens is 476 g/mol. The van der Waals surface area contributed by atoms with Gasteiger partial charge in [0.1, 0.15) is 13.2 Å². The highest BCUT2D eigenvalue weighted by Gasteiger charge is 2.30. The van der Waals surface area contributed by atoms with Gasteiger partial charge in [-0.15, -0.1) is 0 Å². The minimum absolute atomic E-state index is 0.0167. The first kappa shape index (κ1) is 25.2. The molecule has 2 atom stereocenters. The molecule has 0 saturated carbocycles. The van der Waals surface area contributed by atoms with Crippen molar-refractivity contribution in [3.63, 3.8) is 0 Å². The molecule has 2 N–H and O–H groups in total. The molecule has 3 aliphatic rings. The third kappa shape index (κ3) is 6.84. The predicted molar refractivity (Wildman–Crippen MR) is 142 cm³/mol. The number of nitrogens with zero attached hydrogens (tertiary/aromatic N) is 2. The zero-order valence-corrected chi connectivity index (χ0v) is 21.6. The fourth-order valence-electron chi connectivity index (χ4n) is 5.57. The van der Waals surface area contributed by atoms with Gasteiger partial charge in [-0.1, -0.05) is 29.8 Å². The monoisotopic (exact) mass is 512 g/mol. The van der Waals surface area contributed by atoms with Crippen LogP contribution in [0.1, 0.15) is 36.8 Å². The average molecular weight is 513 g/mol. The van der Waals surface area contributed by atoms with Crippen molar-refractivity contribution < 1.29 is 14.3 Å². The van der Waals surface area contributed by atoms with E-state index >= 15 is 0 Å². The number of hydrogen-bond donors (Lipinski definition) is 2. The summed E-state index contributed by atoms with van der Waals surface area (Å²) in [6.07, 6.45) is 5.82. The summed E-state index contributed by atoms with van der Waals surface area (Å²) in [5.74, 6) is 1.58. The summed E-state index contributed by atoms with van der Waals surface area (Å²) in [6.45, 7) is 7.10. The highest BCUT2D eigenvalue weighted by Crippen LogP contribution is 2.31. The van der Waals surface area contributed by atoms with Crippen LogP contribution in [0.15, 0.2) is 42.5 Å². The summed E-state index contributed by atoms with van der Waals surface area (Å²) < 4.78 is 11.5. The van der Waals surface area contributed by atoms with Crippen molar-refractivity contribution in [3.8, 4) is 11.5 Å². The lowest BCUT2D eigenvalue weighted by Crippen LogP contribution is -2.50. The van der Waals surface area contributed by atoms with Crippen LogP contribution < -0.4 is 20.1 Å². The molecule has 7 nitrogen and oxygen atoms in total. The summed E-state index contributed by atoms with van der Waals surface area (Å²) in [5.41, 5.74) is 2.15. The molecule has 3 aliphatic heterocycles. The number of urea groups is 1. The van der Waals surface area contributed by atoms with E-state index in [1.807, 2.05) is 30.3 Å². The number of carbonyl (C=O) groups excluding carboxylic acids is 1. The summed E-state index contributed by atoms with van der Waals surface area (Å²) in [5, 5.41) is 6.97. The smallest absolute Gasteiger partial charge is 0.315 e. The fourth-order valence-corrected chi connectivity index (χ4v) is 5.70. The summed E-state index contributed by atoms with van der Waals surface area (Å²) in [6, 6.07) is 14.1. The lowest BCUT2D eigenvalue weighted by molar-refractivity contribution is 0.170. The van der Waals surface area contributed by atoms with E-state index in [1.54, 1.807) is 0 Å². The molecular formula is C28H37ClN4O3. The van der Waals surface area contributed by atoms with E-state index in [1.165, 1.54) is 38.8 Å². The molecule has 2 aromatic carbocycles. The second-order valence-electron chi connectivity index (χ2n) is 10.1. The minimum atomic E-state index is -0.150. The van der Waals surface area contributed by atoms with E-state index in [0.717, 1.165) is 48.7 Å². The third-order valence-corrected chi connectivity index (χ3v) is 7.66. The number of likely N-dealkylation sites (tertiary alicyclic amines) is 2. The van der Waals surface area contributed by atoms with Crippen LogP contribution in [0.3, 0.4) is 0 Å². The van der Waals surface area contributed by atoms with Gasteiger partial charge in [0.15, 0.2) is 11.5 Å². The van der Waals surface area contributed by atoms with Gasteiger partial charge in [-0.25, -0.2) is 4.79 Å². The van der Waals surface area contributed by atoms with Gasteiger partial charge in [0, 0.05) is 36.7 Å². The molecule has 2 aromatic rings. The maximum Gasteiger partial charge on any atom is 0.315 e. The Morgan fingerprint density at radius 1 is 0.972 bits per heavy atom. The highest BCUT2D eigenvalue weighted by atomic mass is 35.5. The number of carbonyl (C=O) groups is 1. The van der Waals surface area contributed by atoms with Gasteiger partial charge in [0.05, 0.1) is 0 Å². The summed E-state index contributed by atoms with van der Waals surface area (Å²) >= 11 is 5.99. The van der Waals surface area contributed by atoms with E-state index < -0.39 is 0 Å². The van der Waals surface area contributed by atoms with Crippen LogP contribution in [0.2, 0.25) is 5.02 Å². The standard InChI is InChI=1S/C28H37ClN4O3/c29-23-8-5-21(6-9-23)18-30-28(34)31-24(16-22-7-10-26-27(17-22)36-15-14-35-26)19-33-13-3-4-25(33)20-32-11-1-2-12-32/h5-10,17,24-25H,1-4,11-16,18-20H2,(H2,30,31,34)/t24-,25?/m0/s1. The van der Waals surface area contributed by atoms with Crippen molar-refractivity contribution in [1.29, 1.82) is 0 Å². The molecule has 5 rings (SSSR count). The Bertz CT molecular complexity index is 1010. The number of ether oxygens (including phenoxy) is 2. The SMILES string of the molecule is O=C(NCc1ccc(Cl)cc1)N[C@@H](Cc1ccc2c(c1)OCCO2)CN1CCCC1CN1CCCC1. The van der Waals surface area contributed by atoms with Gasteiger partial charge < -0.3 is 25.0 Å². The van der Waals surface area contributed by atoms with Crippen LogP contribution in [0.5, 0.6) is 11.5 Å². The lowest BCUT2D eigenvalue weighted by atomic mass is 10.0. The Hall–Kier alpha value is -2.48. The first-order valence-corrected chi connectivity index (χ1v) is 13.6. The van der Waals surface area contributed by atoms with Gasteiger partial charge in [0.2, 0.25) is 0 Å². The second-order valence-corrected chi connectivity index (χ2v) is 10.6. The van der Waals surface area contributed by atoms with E-state index in [-0.39, 0.29) is 12.1 Å². The first-order chi connectivity index (χ1) is 17.6. The zero-order valence-electron chi connectivity index (χ0n) is 20.9. The maximum absolute atomic E-state index is 12.9. The van der Waals surface area contributed by atoms with Crippen LogP contribution >= 0.6 is 11.6 Å². The predicted octanol–water partition coefficient (Wildman–Crippen LogP) is 4.08. The van der Waals surface area contributed by atoms with E-state index in [4.69, 9.17) is 21.1 Å². The third-order valence-electron chi connectivity index (χ3n) is 7.41. The number of hydrogen-bond acceptors (Lipinski definition) is 5. The van der Waals surface area contributed by atoms with Crippen LogP contribution in [0.4, 0.5) is 4.79 Å². The van der Waals surface area contributed by atoms with Crippen molar-refractivity contribution in [1.82, 2.24) is 20.4 Å². The Morgan fingerprint density at radius 2 is 1.72 bits per heavy atom. The van der Waals surface area contributed by atoms with Crippen molar-refractivity contribution in [3.05, 3.63) is 58.6 Å². The number of halogens is 1. The molecule has 2 fully saturated rings. The molecule has 0 aromatic heterocycles. The molecule has 0 bridgehead atoms. The average Bonchev–Trinajstić information content (AvgIpc) is 3.56. The number of benzene rings is 2. The molecule has 194 valence electrons. The molecule has 0 spiro atoms. The van der Waals surface area contributed by atoms with Crippen LogP contribution in [0, 0.1) is 0 Å². The van der Waals surface area contributed by atoms with Crippen molar-refractivity contribution in [2.24, 2.45) is 0 Å². The largest absolute Gasteiger partial charge is 0.486 e. The van der Waals surface area contributed by atoms with Crippen LogP contribution in [-0.4, -0.2) is 73.9 Å². The van der Waals surface area contributed by atoms with E-state index in [2.05, 4.69) is 32.6 Å². The van der Waals surface area contributed by atoms with E-state index in [9.17, 15) is 4.79 Å². The number of rotatable bonds is 9. The first-order valence-electron chi connectivity index (χ1n) is 13.3. The molecule has 0 aliphatic carbocycles. The molecule has 36 heavy (non-hydrogen) atoms. The Labute approximate surface area is 219 Å². The van der Waals surface area contributed by atoms with Crippen molar-refractivity contribution >= 4 is 17.6 Å². The lowest BCUT2D eigenvalue weighted by Gasteiger charge is -2.32. The van der Waals surface area contributed by atoms with Gasteiger partial charge in [0.25, 0.3) is 0 Å². The Morgan fingerprint density at radius 3 is 2.53 bits per heavy atom. The zero-order chi connectivity index (χ0) is 24.7. The molecule has 1 unspecified atom stereocenters. The summed E-state index contributed by atoms with van der Waals surface area (Å²) in [4.78, 5) is 18.1. The Balaban J connectivity index is 1.24. The molecule has 2 amide bonds. The molecule has 3 heterocycles. The second kappa shape index (κ2) is 12.2. The topological polar surface area (TPSA) is 66.1 Å². The van der Waals surface area contributed by atoms with Crippen LogP contribution in [0.25, 0.3) is 0 Å². The highest BCUT2D eigenvalue weighted by molar-refractivity contribution is 6.30. The molecule has 8 heteroatoms. The van der Waals surface area contributed by atoms with Gasteiger partial charge >= 0.3 is 6.03 Å². The number of fused-ring (bicyclic) bond motifs is 1.